The third kappa shape index (κ3) is 4.49. The van der Waals surface area contributed by atoms with Crippen LogP contribution in [0.1, 0.15) is 26.3 Å². The van der Waals surface area contributed by atoms with Gasteiger partial charge in [0, 0.05) is 4.47 Å². The Morgan fingerprint density at radius 1 is 1.29 bits per heavy atom. The largest absolute Gasteiger partial charge is 0.490 e. The van der Waals surface area contributed by atoms with Gasteiger partial charge in [0.1, 0.15) is 17.7 Å². The van der Waals surface area contributed by atoms with Crippen molar-refractivity contribution < 1.29 is 9.47 Å². The Balaban J connectivity index is 3.48. The third-order valence-corrected chi connectivity index (χ3v) is 4.49. The molecule has 0 saturated carbocycles. The van der Waals surface area contributed by atoms with Gasteiger partial charge in [-0.2, -0.15) is 10.5 Å². The fourth-order valence-electron chi connectivity index (χ4n) is 1.56. The van der Waals surface area contributed by atoms with Crippen LogP contribution in [0.2, 0.25) is 0 Å². The van der Waals surface area contributed by atoms with E-state index in [1.54, 1.807) is 6.07 Å². The number of ether oxygens (including phenoxy) is 2. The molecule has 0 bridgehead atoms. The molecule has 0 fully saturated rings. The molecule has 6 heteroatoms. The molecule has 0 atom stereocenters. The lowest BCUT2D eigenvalue weighted by Gasteiger charge is -2.18. The van der Waals surface area contributed by atoms with Crippen LogP contribution in [-0.4, -0.2) is 12.7 Å². The standard InChI is InChI=1S/C15H14Br2N2O2/c1-4-20-12-6-11(5-10(7-18)8-19)13(16)14(17)15(12)21-9(2)3/h5-6,9H,4H2,1-3H3. The van der Waals surface area contributed by atoms with Crippen molar-refractivity contribution in [2.75, 3.05) is 6.61 Å². The first kappa shape index (κ1) is 17.6. The highest BCUT2D eigenvalue weighted by Crippen LogP contribution is 2.44. The lowest BCUT2D eigenvalue weighted by atomic mass is 10.1. The maximum absolute atomic E-state index is 8.87. The molecule has 1 aromatic carbocycles. The van der Waals surface area contributed by atoms with E-state index in [4.69, 9.17) is 20.0 Å². The summed E-state index contributed by atoms with van der Waals surface area (Å²) in [4.78, 5) is 0. The monoisotopic (exact) mass is 412 g/mol. The number of allylic oxidation sites excluding steroid dienone is 1. The first-order chi connectivity index (χ1) is 9.94. The number of hydrogen-bond donors (Lipinski definition) is 0. The number of halogens is 2. The zero-order chi connectivity index (χ0) is 16.0. The SMILES string of the molecule is CCOc1cc(C=C(C#N)C#N)c(Br)c(Br)c1OC(C)C. The molecule has 0 amide bonds. The topological polar surface area (TPSA) is 66.0 Å². The Kier molecular flexibility index (Phi) is 6.74. The van der Waals surface area contributed by atoms with E-state index in [0.717, 1.165) is 0 Å². The first-order valence-corrected chi connectivity index (χ1v) is 7.86. The van der Waals surface area contributed by atoms with Gasteiger partial charge < -0.3 is 9.47 Å². The molecule has 0 aliphatic heterocycles. The van der Waals surface area contributed by atoms with Gasteiger partial charge in [0.2, 0.25) is 0 Å². The minimum Gasteiger partial charge on any atom is -0.490 e. The molecule has 0 aromatic heterocycles. The van der Waals surface area contributed by atoms with Gasteiger partial charge in [0.15, 0.2) is 11.5 Å². The van der Waals surface area contributed by atoms with Gasteiger partial charge >= 0.3 is 0 Å². The second-order valence-corrected chi connectivity index (χ2v) is 5.89. The normalized spacial score (nSPS) is 9.71. The van der Waals surface area contributed by atoms with Crippen LogP contribution in [0.3, 0.4) is 0 Å². The Hall–Kier alpha value is -1.50. The molecule has 1 rings (SSSR count). The molecule has 110 valence electrons. The van der Waals surface area contributed by atoms with Crippen molar-refractivity contribution in [2.24, 2.45) is 0 Å². The van der Waals surface area contributed by atoms with E-state index in [2.05, 4.69) is 31.9 Å². The number of nitrogens with zero attached hydrogens (tertiary/aromatic N) is 2. The van der Waals surface area contributed by atoms with Crippen molar-refractivity contribution in [2.45, 2.75) is 26.9 Å². The summed E-state index contributed by atoms with van der Waals surface area (Å²) >= 11 is 6.91. The Morgan fingerprint density at radius 2 is 1.90 bits per heavy atom. The molecule has 0 saturated heterocycles. The summed E-state index contributed by atoms with van der Waals surface area (Å²) in [6.45, 7) is 6.20. The second-order valence-electron chi connectivity index (χ2n) is 4.30. The summed E-state index contributed by atoms with van der Waals surface area (Å²) in [5.74, 6) is 1.15. The van der Waals surface area contributed by atoms with Gasteiger partial charge in [-0.1, -0.05) is 0 Å². The molecule has 0 aliphatic rings. The van der Waals surface area contributed by atoms with E-state index in [0.29, 0.717) is 32.6 Å². The van der Waals surface area contributed by atoms with Gasteiger partial charge in [-0.25, -0.2) is 0 Å². The number of hydrogen-bond acceptors (Lipinski definition) is 4. The van der Waals surface area contributed by atoms with E-state index in [9.17, 15) is 0 Å². The predicted octanol–water partition coefficient (Wildman–Crippen LogP) is 4.83. The van der Waals surface area contributed by atoms with Crippen molar-refractivity contribution in [1.29, 1.82) is 10.5 Å². The first-order valence-electron chi connectivity index (χ1n) is 6.27. The fraction of sp³-hybridized carbons (Fsp3) is 0.333. The van der Waals surface area contributed by atoms with Crippen molar-refractivity contribution in [3.05, 3.63) is 26.1 Å². The molecule has 0 spiro atoms. The molecular weight excluding hydrogens is 400 g/mol. The second kappa shape index (κ2) is 8.07. The van der Waals surface area contributed by atoms with E-state index in [-0.39, 0.29) is 11.7 Å². The van der Waals surface area contributed by atoms with Gasteiger partial charge in [0.05, 0.1) is 17.2 Å². The van der Waals surface area contributed by atoms with Gasteiger partial charge in [0.25, 0.3) is 0 Å². The highest BCUT2D eigenvalue weighted by Gasteiger charge is 2.18. The van der Waals surface area contributed by atoms with Crippen LogP contribution in [0.15, 0.2) is 20.6 Å². The molecule has 0 heterocycles. The number of nitriles is 2. The molecule has 0 aliphatic carbocycles. The minimum absolute atomic E-state index is 0.0115. The number of rotatable bonds is 5. The van der Waals surface area contributed by atoms with Crippen LogP contribution in [0, 0.1) is 22.7 Å². The lowest BCUT2D eigenvalue weighted by Crippen LogP contribution is -2.08. The van der Waals surface area contributed by atoms with Crippen LogP contribution >= 0.6 is 31.9 Å². The summed E-state index contributed by atoms with van der Waals surface area (Å²) in [7, 11) is 0. The Morgan fingerprint density at radius 3 is 2.38 bits per heavy atom. The average molecular weight is 414 g/mol. The van der Waals surface area contributed by atoms with E-state index in [1.165, 1.54) is 6.08 Å². The predicted molar refractivity (Wildman–Crippen MR) is 88.0 cm³/mol. The van der Waals surface area contributed by atoms with E-state index < -0.39 is 0 Å². The van der Waals surface area contributed by atoms with Crippen LogP contribution in [0.4, 0.5) is 0 Å². The van der Waals surface area contributed by atoms with Crippen molar-refractivity contribution in [3.63, 3.8) is 0 Å². The van der Waals surface area contributed by atoms with Crippen molar-refractivity contribution >= 4 is 37.9 Å². The smallest absolute Gasteiger partial charge is 0.176 e. The maximum atomic E-state index is 8.87. The summed E-state index contributed by atoms with van der Waals surface area (Å²) in [5.41, 5.74) is 0.683. The fourth-order valence-corrected chi connectivity index (χ4v) is 2.49. The Labute approximate surface area is 141 Å². The maximum Gasteiger partial charge on any atom is 0.176 e. The zero-order valence-corrected chi connectivity index (χ0v) is 15.1. The molecule has 1 aromatic rings. The quantitative estimate of drug-likeness (QED) is 0.648. The third-order valence-electron chi connectivity index (χ3n) is 2.35. The van der Waals surface area contributed by atoms with E-state index in [1.807, 2.05) is 32.9 Å². The number of benzene rings is 1. The van der Waals surface area contributed by atoms with Crippen molar-refractivity contribution in [1.82, 2.24) is 0 Å². The summed E-state index contributed by atoms with van der Waals surface area (Å²) in [6, 6.07) is 5.41. The van der Waals surface area contributed by atoms with Gasteiger partial charge in [-0.15, -0.1) is 0 Å². The molecule has 0 unspecified atom stereocenters. The summed E-state index contributed by atoms with van der Waals surface area (Å²) in [6.07, 6.45) is 1.49. The molecule has 0 radical (unpaired) electrons. The van der Waals surface area contributed by atoms with Crippen LogP contribution in [0.25, 0.3) is 6.08 Å². The lowest BCUT2D eigenvalue weighted by molar-refractivity contribution is 0.222. The average Bonchev–Trinajstić information content (AvgIpc) is 2.45. The molecule has 21 heavy (non-hydrogen) atoms. The van der Waals surface area contributed by atoms with Crippen LogP contribution < -0.4 is 9.47 Å². The molecule has 4 nitrogen and oxygen atoms in total. The van der Waals surface area contributed by atoms with Gasteiger partial charge in [-0.3, -0.25) is 0 Å². The molecular formula is C15H14Br2N2O2. The van der Waals surface area contributed by atoms with Crippen molar-refractivity contribution in [3.8, 4) is 23.6 Å². The zero-order valence-electron chi connectivity index (χ0n) is 11.9. The highest BCUT2D eigenvalue weighted by atomic mass is 79.9. The Bertz CT molecular complexity index is 625. The highest BCUT2D eigenvalue weighted by molar-refractivity contribution is 9.13. The van der Waals surface area contributed by atoms with Crippen LogP contribution in [-0.2, 0) is 0 Å². The van der Waals surface area contributed by atoms with Gasteiger partial charge in [-0.05, 0) is 70.3 Å². The summed E-state index contributed by atoms with van der Waals surface area (Å²) < 4.78 is 12.7. The summed E-state index contributed by atoms with van der Waals surface area (Å²) in [5, 5.41) is 17.7. The van der Waals surface area contributed by atoms with Crippen LogP contribution in [0.5, 0.6) is 11.5 Å². The molecule has 0 N–H and O–H groups in total. The van der Waals surface area contributed by atoms with E-state index >= 15 is 0 Å². The minimum atomic E-state index is -0.0115.